The molecule has 0 bridgehead atoms. The molecule has 0 aliphatic carbocycles. The van der Waals surface area contributed by atoms with E-state index >= 15 is 0 Å². The van der Waals surface area contributed by atoms with E-state index in [1.54, 1.807) is 32.9 Å². The van der Waals surface area contributed by atoms with Gasteiger partial charge in [0.1, 0.15) is 18.1 Å². The van der Waals surface area contributed by atoms with Crippen LogP contribution in [0.2, 0.25) is 5.02 Å². The molecule has 4 rings (SSSR count). The minimum absolute atomic E-state index is 0.0108. The quantitative estimate of drug-likeness (QED) is 0.675. The van der Waals surface area contributed by atoms with Gasteiger partial charge in [-0.1, -0.05) is 11.6 Å². The molecule has 1 aromatic heterocycles. The fourth-order valence-corrected chi connectivity index (χ4v) is 3.69. The highest BCUT2D eigenvalue weighted by Gasteiger charge is 2.36. The number of anilines is 2. The van der Waals surface area contributed by atoms with Crippen molar-refractivity contribution in [3.63, 3.8) is 0 Å². The molecule has 1 fully saturated rings. The molecule has 1 unspecified atom stereocenters. The molecule has 2 aliphatic heterocycles. The van der Waals surface area contributed by atoms with Gasteiger partial charge in [-0.3, -0.25) is 4.90 Å². The summed E-state index contributed by atoms with van der Waals surface area (Å²) < 4.78 is 44.4. The van der Waals surface area contributed by atoms with Gasteiger partial charge in [0.2, 0.25) is 5.95 Å². The van der Waals surface area contributed by atoms with Gasteiger partial charge in [-0.15, -0.1) is 0 Å². The number of rotatable bonds is 1. The van der Waals surface area contributed by atoms with Crippen LogP contribution in [0.5, 0.6) is 5.75 Å². The van der Waals surface area contributed by atoms with E-state index in [2.05, 4.69) is 9.97 Å². The molecule has 1 saturated heterocycles. The van der Waals surface area contributed by atoms with E-state index in [9.17, 15) is 18.0 Å². The molecule has 7 nitrogen and oxygen atoms in total. The molecule has 1 atom stereocenters. The first-order valence-electron chi connectivity index (χ1n) is 9.40. The number of nitrogens with zero attached hydrogens (tertiary/aromatic N) is 5. The Balaban J connectivity index is 1.47. The van der Waals surface area contributed by atoms with Crippen LogP contribution < -0.4 is 14.5 Å². The summed E-state index contributed by atoms with van der Waals surface area (Å²) >= 11 is 6.02. The van der Waals surface area contributed by atoms with Gasteiger partial charge in [0.05, 0.1) is 11.7 Å². The fourth-order valence-electron chi connectivity index (χ4n) is 3.53. The molecule has 160 valence electrons. The van der Waals surface area contributed by atoms with E-state index < -0.39 is 11.9 Å². The van der Waals surface area contributed by atoms with Crippen molar-refractivity contribution in [2.75, 3.05) is 42.6 Å². The number of halogens is 4. The highest BCUT2D eigenvalue weighted by molar-refractivity contribution is 6.30. The molecule has 2 aliphatic rings. The van der Waals surface area contributed by atoms with Crippen molar-refractivity contribution in [1.29, 1.82) is 0 Å². The normalized spacial score (nSPS) is 19.4. The lowest BCUT2D eigenvalue weighted by atomic mass is 10.1. The molecule has 0 radical (unpaired) electrons. The van der Waals surface area contributed by atoms with Crippen LogP contribution in [0.25, 0.3) is 0 Å². The SMILES string of the molecule is CC1COc2cc(Cl)ccc2N1C(=O)N1CCN(c2nccc(C(F)(F)F)n2)CC1. The number of aromatic nitrogens is 2. The maximum absolute atomic E-state index is 13.2. The zero-order chi connectivity index (χ0) is 21.5. The second kappa shape index (κ2) is 7.82. The number of carbonyl (C=O) groups is 1. The first-order chi connectivity index (χ1) is 14.2. The molecule has 11 heteroatoms. The third-order valence-electron chi connectivity index (χ3n) is 5.07. The highest BCUT2D eigenvalue weighted by Crippen LogP contribution is 2.36. The van der Waals surface area contributed by atoms with E-state index in [-0.39, 0.29) is 18.0 Å². The maximum atomic E-state index is 13.2. The van der Waals surface area contributed by atoms with E-state index in [1.165, 1.54) is 0 Å². The third-order valence-corrected chi connectivity index (χ3v) is 5.31. The molecular weight excluding hydrogens is 423 g/mol. The summed E-state index contributed by atoms with van der Waals surface area (Å²) in [6.07, 6.45) is -3.43. The van der Waals surface area contributed by atoms with Crippen LogP contribution in [0.3, 0.4) is 0 Å². The van der Waals surface area contributed by atoms with Gasteiger partial charge >= 0.3 is 12.2 Å². The third kappa shape index (κ3) is 3.96. The van der Waals surface area contributed by atoms with Gasteiger partial charge in [0.25, 0.3) is 0 Å². The number of piperazine rings is 1. The van der Waals surface area contributed by atoms with Crippen molar-refractivity contribution >= 4 is 29.3 Å². The Morgan fingerprint density at radius 1 is 1.20 bits per heavy atom. The monoisotopic (exact) mass is 441 g/mol. The summed E-state index contributed by atoms with van der Waals surface area (Å²) in [4.78, 5) is 25.8. The van der Waals surface area contributed by atoms with Crippen LogP contribution in [-0.4, -0.2) is 59.7 Å². The standard InChI is InChI=1S/C19H19ClF3N5O2/c1-12-11-30-15-10-13(20)2-3-14(15)28(12)18(29)27-8-6-26(7-9-27)17-24-5-4-16(25-17)19(21,22)23/h2-5,10,12H,6-9,11H2,1H3. The molecule has 0 N–H and O–H groups in total. The Morgan fingerprint density at radius 3 is 2.63 bits per heavy atom. The molecule has 0 saturated carbocycles. The number of hydrogen-bond donors (Lipinski definition) is 0. The summed E-state index contributed by atoms with van der Waals surface area (Å²) in [6.45, 7) is 3.58. The van der Waals surface area contributed by atoms with Crippen molar-refractivity contribution < 1.29 is 22.7 Å². The Bertz CT molecular complexity index is 950. The zero-order valence-corrected chi connectivity index (χ0v) is 16.8. The smallest absolute Gasteiger partial charge is 0.433 e. The topological polar surface area (TPSA) is 61.8 Å². The number of fused-ring (bicyclic) bond motifs is 1. The summed E-state index contributed by atoms with van der Waals surface area (Å²) in [6, 6.07) is 5.61. The predicted octanol–water partition coefficient (Wildman–Crippen LogP) is 3.68. The largest absolute Gasteiger partial charge is 0.489 e. The van der Waals surface area contributed by atoms with Gasteiger partial charge in [0, 0.05) is 43.5 Å². The fraction of sp³-hybridized carbons (Fsp3) is 0.421. The maximum Gasteiger partial charge on any atom is 0.433 e. The lowest BCUT2D eigenvalue weighted by molar-refractivity contribution is -0.141. The van der Waals surface area contributed by atoms with Gasteiger partial charge in [-0.2, -0.15) is 13.2 Å². The highest BCUT2D eigenvalue weighted by atomic mass is 35.5. The Hall–Kier alpha value is -2.75. The van der Waals surface area contributed by atoms with Crippen molar-refractivity contribution in [3.05, 3.63) is 41.2 Å². The lowest BCUT2D eigenvalue weighted by Gasteiger charge is -2.41. The molecule has 2 aromatic rings. The van der Waals surface area contributed by atoms with E-state index in [4.69, 9.17) is 16.3 Å². The number of benzene rings is 1. The molecule has 1 aromatic carbocycles. The molecule has 3 heterocycles. The van der Waals surface area contributed by atoms with Gasteiger partial charge in [-0.25, -0.2) is 14.8 Å². The number of amides is 2. The molecule has 2 amide bonds. The number of carbonyl (C=O) groups excluding carboxylic acids is 1. The average molecular weight is 442 g/mol. The van der Waals surface area contributed by atoms with Crippen LogP contribution in [0.4, 0.5) is 29.6 Å². The summed E-state index contributed by atoms with van der Waals surface area (Å²) in [7, 11) is 0. The number of alkyl halides is 3. The van der Waals surface area contributed by atoms with Crippen LogP contribution >= 0.6 is 11.6 Å². The summed E-state index contributed by atoms with van der Waals surface area (Å²) in [5, 5.41) is 0.519. The van der Waals surface area contributed by atoms with Crippen molar-refractivity contribution in [3.8, 4) is 5.75 Å². The summed E-state index contributed by atoms with van der Waals surface area (Å²) in [5.41, 5.74) is -0.338. The number of urea groups is 1. The van der Waals surface area contributed by atoms with Gasteiger partial charge in [-0.05, 0) is 25.1 Å². The molecular formula is C19H19ClF3N5O2. The van der Waals surface area contributed by atoms with E-state index in [0.29, 0.717) is 49.2 Å². The molecule has 30 heavy (non-hydrogen) atoms. The first kappa shape index (κ1) is 20.5. The second-order valence-electron chi connectivity index (χ2n) is 7.14. The van der Waals surface area contributed by atoms with Crippen molar-refractivity contribution in [2.24, 2.45) is 0 Å². The Kier molecular flexibility index (Phi) is 5.35. The number of hydrogen-bond acceptors (Lipinski definition) is 5. The predicted molar refractivity (Wildman–Crippen MR) is 105 cm³/mol. The van der Waals surface area contributed by atoms with E-state index in [0.717, 1.165) is 12.3 Å². The minimum atomic E-state index is -4.53. The lowest BCUT2D eigenvalue weighted by Crippen LogP contribution is -2.56. The Morgan fingerprint density at radius 2 is 1.93 bits per heavy atom. The van der Waals surface area contributed by atoms with Gasteiger partial charge in [0.15, 0.2) is 0 Å². The van der Waals surface area contributed by atoms with E-state index in [1.807, 2.05) is 6.92 Å². The second-order valence-corrected chi connectivity index (χ2v) is 7.57. The summed E-state index contributed by atoms with van der Waals surface area (Å²) in [5.74, 6) is 0.557. The van der Waals surface area contributed by atoms with Crippen molar-refractivity contribution in [1.82, 2.24) is 14.9 Å². The minimum Gasteiger partial charge on any atom is -0.489 e. The average Bonchev–Trinajstić information content (AvgIpc) is 2.73. The van der Waals surface area contributed by atoms with Crippen molar-refractivity contribution in [2.45, 2.75) is 19.1 Å². The first-order valence-corrected chi connectivity index (χ1v) is 9.77. The van der Waals surface area contributed by atoms with Gasteiger partial charge < -0.3 is 14.5 Å². The zero-order valence-electron chi connectivity index (χ0n) is 16.1. The Labute approximate surface area is 176 Å². The molecule has 0 spiro atoms. The van der Waals surface area contributed by atoms with Crippen LogP contribution in [-0.2, 0) is 6.18 Å². The van der Waals surface area contributed by atoms with Crippen LogP contribution in [0, 0.1) is 0 Å². The van der Waals surface area contributed by atoms with Crippen LogP contribution in [0.1, 0.15) is 12.6 Å². The number of ether oxygens (including phenoxy) is 1. The van der Waals surface area contributed by atoms with Crippen LogP contribution in [0.15, 0.2) is 30.5 Å².